The number of benzene rings is 2. The first-order chi connectivity index (χ1) is 14.4. The summed E-state index contributed by atoms with van der Waals surface area (Å²) < 4.78 is 5.72. The highest BCUT2D eigenvalue weighted by Crippen LogP contribution is 2.38. The number of carbonyl (C=O) groups excluding carboxylic acids is 2. The lowest BCUT2D eigenvalue weighted by atomic mass is 9.91. The fraction of sp³-hybridized carbons (Fsp3) is 0.440. The third kappa shape index (κ3) is 5.08. The number of rotatable bonds is 7. The molecule has 5 nitrogen and oxygen atoms in total. The minimum absolute atomic E-state index is 0.0560. The van der Waals surface area contributed by atoms with E-state index in [0.717, 1.165) is 42.6 Å². The first kappa shape index (κ1) is 22.0. The minimum Gasteiger partial charge on any atom is -0.462 e. The van der Waals surface area contributed by atoms with Crippen LogP contribution in [0.15, 0.2) is 48.5 Å². The van der Waals surface area contributed by atoms with Crippen molar-refractivity contribution in [2.75, 3.05) is 31.6 Å². The number of piperidine rings is 1. The Morgan fingerprint density at radius 3 is 2.37 bits per heavy atom. The smallest absolute Gasteiger partial charge is 0.361 e. The van der Waals surface area contributed by atoms with Gasteiger partial charge in [0, 0.05) is 17.7 Å². The second-order valence-electron chi connectivity index (χ2n) is 8.30. The van der Waals surface area contributed by atoms with Crippen molar-refractivity contribution in [1.82, 2.24) is 0 Å². The Morgan fingerprint density at radius 2 is 1.70 bits per heavy atom. The Kier molecular flexibility index (Phi) is 7.27. The molecular formula is C25H33N2O3+. The van der Waals surface area contributed by atoms with Crippen LogP contribution < -0.4 is 5.32 Å². The van der Waals surface area contributed by atoms with Crippen molar-refractivity contribution >= 4 is 17.6 Å². The number of hydrogen-bond donors (Lipinski definition) is 1. The molecule has 0 aliphatic carbocycles. The summed E-state index contributed by atoms with van der Waals surface area (Å²) >= 11 is 0. The summed E-state index contributed by atoms with van der Waals surface area (Å²) in [5.41, 5.74) is 4.13. The van der Waals surface area contributed by atoms with Crippen LogP contribution in [0.3, 0.4) is 0 Å². The third-order valence-corrected chi connectivity index (χ3v) is 6.13. The quantitative estimate of drug-likeness (QED) is 0.539. The van der Waals surface area contributed by atoms with E-state index in [-0.39, 0.29) is 31.0 Å². The van der Waals surface area contributed by atoms with Gasteiger partial charge in [0.05, 0.1) is 13.2 Å². The van der Waals surface area contributed by atoms with Gasteiger partial charge in [0.1, 0.15) is 6.04 Å². The standard InChI is InChI=1S/C25H32N2O3/c1-4-30-24(29)18-27(16-9-8-15-22(27)21-13-6-5-7-14-21)17-23(28)26-25-19(2)11-10-12-20(25)3/h5-7,10-14,22H,4,8-9,15-18H2,1-3H3/p+1. The molecule has 0 aromatic heterocycles. The van der Waals surface area contributed by atoms with Crippen molar-refractivity contribution < 1.29 is 18.8 Å². The van der Waals surface area contributed by atoms with E-state index in [1.807, 2.05) is 57.2 Å². The van der Waals surface area contributed by atoms with Gasteiger partial charge in [-0.1, -0.05) is 48.5 Å². The second-order valence-corrected chi connectivity index (χ2v) is 8.30. The van der Waals surface area contributed by atoms with Crippen LogP contribution in [0.25, 0.3) is 0 Å². The molecule has 1 saturated heterocycles. The van der Waals surface area contributed by atoms with E-state index < -0.39 is 0 Å². The SMILES string of the molecule is CCOC(=O)C[N+]1(CC(=O)Nc2c(C)cccc2C)CCCCC1c1ccccc1. The number of likely N-dealkylation sites (tertiary alicyclic amines) is 1. The molecule has 5 heteroatoms. The predicted molar refractivity (Wildman–Crippen MR) is 119 cm³/mol. The number of nitrogens with zero attached hydrogens (tertiary/aromatic N) is 1. The monoisotopic (exact) mass is 409 g/mol. The van der Waals surface area contributed by atoms with Gasteiger partial charge >= 0.3 is 5.97 Å². The van der Waals surface area contributed by atoms with Gasteiger partial charge in [-0.3, -0.25) is 4.79 Å². The summed E-state index contributed by atoms with van der Waals surface area (Å²) in [5, 5.41) is 3.12. The number of aryl methyl sites for hydroxylation is 2. The Morgan fingerprint density at radius 1 is 1.00 bits per heavy atom. The molecule has 0 spiro atoms. The zero-order valence-electron chi connectivity index (χ0n) is 18.3. The normalized spacial score (nSPS) is 21.1. The molecule has 2 aromatic rings. The van der Waals surface area contributed by atoms with E-state index in [4.69, 9.17) is 4.74 Å². The van der Waals surface area contributed by atoms with Crippen LogP contribution >= 0.6 is 0 Å². The van der Waals surface area contributed by atoms with Crippen LogP contribution in [0, 0.1) is 13.8 Å². The Bertz CT molecular complexity index is 861. The van der Waals surface area contributed by atoms with Crippen LogP contribution in [0.4, 0.5) is 5.69 Å². The number of amides is 1. The van der Waals surface area contributed by atoms with Crippen molar-refractivity contribution in [1.29, 1.82) is 0 Å². The van der Waals surface area contributed by atoms with Gasteiger partial charge in [-0.25, -0.2) is 4.79 Å². The number of esters is 1. The lowest BCUT2D eigenvalue weighted by Crippen LogP contribution is -2.59. The molecule has 3 rings (SSSR count). The molecule has 0 bridgehead atoms. The van der Waals surface area contributed by atoms with Crippen molar-refractivity contribution in [3.63, 3.8) is 0 Å². The van der Waals surface area contributed by atoms with Gasteiger partial charge < -0.3 is 14.5 Å². The fourth-order valence-corrected chi connectivity index (χ4v) is 4.73. The first-order valence-electron chi connectivity index (χ1n) is 10.9. The van der Waals surface area contributed by atoms with Crippen molar-refractivity contribution in [2.24, 2.45) is 0 Å². The van der Waals surface area contributed by atoms with Gasteiger partial charge in [-0.2, -0.15) is 0 Å². The van der Waals surface area contributed by atoms with Crippen LogP contribution in [-0.2, 0) is 14.3 Å². The molecule has 1 amide bonds. The summed E-state index contributed by atoms with van der Waals surface area (Å²) in [7, 11) is 0. The number of carbonyl (C=O) groups is 2. The van der Waals surface area contributed by atoms with Gasteiger partial charge in [0.15, 0.2) is 13.1 Å². The number of quaternary nitrogens is 1. The Balaban J connectivity index is 1.90. The van der Waals surface area contributed by atoms with Crippen molar-refractivity contribution in [2.45, 2.75) is 46.1 Å². The van der Waals surface area contributed by atoms with Gasteiger partial charge in [-0.15, -0.1) is 0 Å². The number of nitrogens with one attached hydrogen (secondary N) is 1. The van der Waals surface area contributed by atoms with E-state index in [1.54, 1.807) is 0 Å². The van der Waals surface area contributed by atoms with Crippen LogP contribution in [0.2, 0.25) is 0 Å². The number of ether oxygens (including phenoxy) is 1. The molecule has 1 N–H and O–H groups in total. The molecule has 160 valence electrons. The minimum atomic E-state index is -0.236. The maximum Gasteiger partial charge on any atom is 0.361 e. The molecule has 2 unspecified atom stereocenters. The molecule has 0 radical (unpaired) electrons. The molecule has 2 aromatic carbocycles. The van der Waals surface area contributed by atoms with E-state index in [2.05, 4.69) is 17.4 Å². The summed E-state index contributed by atoms with van der Waals surface area (Å²) in [6, 6.07) is 16.4. The summed E-state index contributed by atoms with van der Waals surface area (Å²) in [6.45, 7) is 7.43. The van der Waals surface area contributed by atoms with Crippen molar-refractivity contribution in [3.8, 4) is 0 Å². The van der Waals surface area contributed by atoms with Gasteiger partial charge in [0.2, 0.25) is 0 Å². The molecule has 1 aliphatic heterocycles. The average molecular weight is 410 g/mol. The molecule has 2 atom stereocenters. The maximum atomic E-state index is 13.2. The average Bonchev–Trinajstić information content (AvgIpc) is 2.72. The van der Waals surface area contributed by atoms with Crippen LogP contribution in [0.5, 0.6) is 0 Å². The van der Waals surface area contributed by atoms with Gasteiger partial charge in [0.25, 0.3) is 5.91 Å². The van der Waals surface area contributed by atoms with Crippen LogP contribution in [-0.4, -0.2) is 42.6 Å². The van der Waals surface area contributed by atoms with Crippen LogP contribution in [0.1, 0.15) is 48.9 Å². The maximum absolute atomic E-state index is 13.2. The second kappa shape index (κ2) is 9.90. The third-order valence-electron chi connectivity index (χ3n) is 6.13. The van der Waals surface area contributed by atoms with E-state index in [1.165, 1.54) is 5.56 Å². The summed E-state index contributed by atoms with van der Waals surface area (Å²) in [6.07, 6.45) is 3.06. The fourth-order valence-electron chi connectivity index (χ4n) is 4.73. The summed E-state index contributed by atoms with van der Waals surface area (Å²) in [5.74, 6) is -0.292. The highest BCUT2D eigenvalue weighted by Gasteiger charge is 2.44. The topological polar surface area (TPSA) is 55.4 Å². The zero-order valence-corrected chi connectivity index (χ0v) is 18.3. The zero-order chi connectivity index (χ0) is 21.6. The first-order valence-corrected chi connectivity index (χ1v) is 10.9. The number of hydrogen-bond acceptors (Lipinski definition) is 3. The molecule has 0 saturated carbocycles. The number of para-hydroxylation sites is 1. The lowest BCUT2D eigenvalue weighted by Gasteiger charge is -2.46. The van der Waals surface area contributed by atoms with Gasteiger partial charge in [-0.05, 0) is 44.7 Å². The summed E-state index contributed by atoms with van der Waals surface area (Å²) in [4.78, 5) is 25.8. The Hall–Kier alpha value is -2.66. The molecule has 30 heavy (non-hydrogen) atoms. The molecule has 1 heterocycles. The highest BCUT2D eigenvalue weighted by molar-refractivity contribution is 5.93. The van der Waals surface area contributed by atoms with Crippen molar-refractivity contribution in [3.05, 3.63) is 65.2 Å². The van der Waals surface area contributed by atoms with E-state index >= 15 is 0 Å². The largest absolute Gasteiger partial charge is 0.462 e. The van der Waals surface area contributed by atoms with E-state index in [0.29, 0.717) is 11.1 Å². The molecule has 1 aliphatic rings. The Labute approximate surface area is 179 Å². The lowest BCUT2D eigenvalue weighted by molar-refractivity contribution is -0.948. The molecule has 1 fully saturated rings. The highest BCUT2D eigenvalue weighted by atomic mass is 16.5. The van der Waals surface area contributed by atoms with E-state index in [9.17, 15) is 9.59 Å². The molecular weight excluding hydrogens is 376 g/mol. The number of anilines is 1. The predicted octanol–water partition coefficient (Wildman–Crippen LogP) is 4.55.